The normalized spacial score (nSPS) is 17.0. The number of thioether (sulfide) groups is 1. The summed E-state index contributed by atoms with van der Waals surface area (Å²) in [6.45, 7) is 6.53. The number of aryl methyl sites for hydroxylation is 2. The van der Waals surface area contributed by atoms with Crippen molar-refractivity contribution in [2.24, 2.45) is 0 Å². The van der Waals surface area contributed by atoms with E-state index in [1.54, 1.807) is 0 Å². The molecule has 1 aliphatic heterocycles. The predicted octanol–water partition coefficient (Wildman–Crippen LogP) is 4.74. The molecular formula is C21H20N2O3S2. The Morgan fingerprint density at radius 1 is 1.21 bits per heavy atom. The van der Waals surface area contributed by atoms with E-state index >= 15 is 0 Å². The minimum atomic E-state index is -0.433. The fraction of sp³-hybridized carbons (Fsp3) is 0.286. The minimum Gasteiger partial charge on any atom is -0.494 e. The molecular weight excluding hydrogens is 392 g/mol. The van der Waals surface area contributed by atoms with Gasteiger partial charge in [0, 0.05) is 11.3 Å². The molecule has 144 valence electrons. The van der Waals surface area contributed by atoms with Gasteiger partial charge in [-0.1, -0.05) is 17.4 Å². The Kier molecular flexibility index (Phi) is 5.12. The highest BCUT2D eigenvalue weighted by molar-refractivity contribution is 8.00. The van der Waals surface area contributed by atoms with E-state index in [1.807, 2.05) is 57.2 Å². The van der Waals surface area contributed by atoms with Crippen LogP contribution in [0, 0.1) is 13.8 Å². The van der Waals surface area contributed by atoms with Crippen molar-refractivity contribution in [3.05, 3.63) is 47.5 Å². The molecule has 28 heavy (non-hydrogen) atoms. The lowest BCUT2D eigenvalue weighted by molar-refractivity contribution is -0.121. The molecule has 4 rings (SSSR count). The summed E-state index contributed by atoms with van der Waals surface area (Å²) in [5.74, 6) is 0.422. The average Bonchev–Trinajstić information content (AvgIpc) is 3.17. The van der Waals surface area contributed by atoms with Crippen LogP contribution in [0.2, 0.25) is 0 Å². The number of imide groups is 1. The Morgan fingerprint density at radius 2 is 2.04 bits per heavy atom. The van der Waals surface area contributed by atoms with Crippen LogP contribution in [0.1, 0.15) is 24.5 Å². The van der Waals surface area contributed by atoms with E-state index < -0.39 is 5.25 Å². The number of benzene rings is 2. The molecule has 0 spiro atoms. The second kappa shape index (κ2) is 7.56. The Balaban J connectivity index is 1.56. The molecule has 1 saturated heterocycles. The Labute approximate surface area is 171 Å². The van der Waals surface area contributed by atoms with Crippen molar-refractivity contribution in [3.63, 3.8) is 0 Å². The van der Waals surface area contributed by atoms with E-state index in [2.05, 4.69) is 4.98 Å². The average molecular weight is 413 g/mol. The zero-order valence-electron chi connectivity index (χ0n) is 15.9. The molecule has 2 aromatic carbocycles. The molecule has 0 aliphatic carbocycles. The Bertz CT molecular complexity index is 1080. The lowest BCUT2D eigenvalue weighted by Crippen LogP contribution is -2.30. The number of nitrogens with zero attached hydrogens (tertiary/aromatic N) is 2. The number of hydrogen-bond acceptors (Lipinski definition) is 6. The van der Waals surface area contributed by atoms with Gasteiger partial charge in [-0.3, -0.25) is 9.59 Å². The maximum Gasteiger partial charge on any atom is 0.249 e. The number of thiazole rings is 1. The molecule has 5 nitrogen and oxygen atoms in total. The highest BCUT2D eigenvalue weighted by atomic mass is 32.2. The van der Waals surface area contributed by atoms with E-state index in [-0.39, 0.29) is 18.2 Å². The van der Waals surface area contributed by atoms with Crippen LogP contribution in [0.3, 0.4) is 0 Å². The molecule has 0 saturated carbocycles. The summed E-state index contributed by atoms with van der Waals surface area (Å²) in [4.78, 5) is 32.3. The molecule has 1 fully saturated rings. The van der Waals surface area contributed by atoms with Crippen molar-refractivity contribution < 1.29 is 14.3 Å². The number of fused-ring (bicyclic) bond motifs is 1. The van der Waals surface area contributed by atoms with Gasteiger partial charge in [0.2, 0.25) is 11.8 Å². The van der Waals surface area contributed by atoms with Gasteiger partial charge >= 0.3 is 0 Å². The van der Waals surface area contributed by atoms with Crippen molar-refractivity contribution in [1.29, 1.82) is 0 Å². The number of aromatic nitrogens is 1. The molecule has 0 bridgehead atoms. The van der Waals surface area contributed by atoms with Gasteiger partial charge < -0.3 is 4.74 Å². The third-order valence-corrected chi connectivity index (χ3v) is 6.94. The first-order chi connectivity index (χ1) is 13.5. The smallest absolute Gasteiger partial charge is 0.249 e. The van der Waals surface area contributed by atoms with Crippen molar-refractivity contribution in [2.45, 2.75) is 37.3 Å². The summed E-state index contributed by atoms with van der Waals surface area (Å²) in [6.07, 6.45) is 0.186. The summed E-state index contributed by atoms with van der Waals surface area (Å²) >= 11 is 2.81. The third-order valence-electron chi connectivity index (χ3n) is 4.55. The number of rotatable bonds is 5. The van der Waals surface area contributed by atoms with Crippen LogP contribution in [-0.4, -0.2) is 28.7 Å². The van der Waals surface area contributed by atoms with Crippen LogP contribution in [0.25, 0.3) is 10.2 Å². The second-order valence-electron chi connectivity index (χ2n) is 6.71. The molecule has 1 atom stereocenters. The lowest BCUT2D eigenvalue weighted by Gasteiger charge is -2.13. The van der Waals surface area contributed by atoms with Gasteiger partial charge in [-0.25, -0.2) is 9.88 Å². The molecule has 7 heteroatoms. The molecule has 1 aromatic heterocycles. The van der Waals surface area contributed by atoms with E-state index in [0.717, 1.165) is 32.0 Å². The van der Waals surface area contributed by atoms with Gasteiger partial charge in [0.15, 0.2) is 5.13 Å². The van der Waals surface area contributed by atoms with Crippen LogP contribution in [-0.2, 0) is 9.59 Å². The van der Waals surface area contributed by atoms with Gasteiger partial charge in [0.25, 0.3) is 0 Å². The van der Waals surface area contributed by atoms with E-state index in [4.69, 9.17) is 4.74 Å². The number of ether oxygens (including phenoxy) is 1. The number of amides is 2. The zero-order chi connectivity index (χ0) is 19.8. The third kappa shape index (κ3) is 3.52. The second-order valence-corrected chi connectivity index (χ2v) is 8.96. The monoisotopic (exact) mass is 412 g/mol. The number of hydrogen-bond donors (Lipinski definition) is 0. The maximum absolute atomic E-state index is 13.0. The summed E-state index contributed by atoms with van der Waals surface area (Å²) in [6, 6.07) is 11.8. The Morgan fingerprint density at radius 3 is 2.79 bits per heavy atom. The van der Waals surface area contributed by atoms with Gasteiger partial charge in [0.05, 0.1) is 22.1 Å². The molecule has 3 aromatic rings. The molecule has 1 unspecified atom stereocenters. The molecule has 0 radical (unpaired) electrons. The summed E-state index contributed by atoms with van der Waals surface area (Å²) in [5, 5.41) is 0.0278. The van der Waals surface area contributed by atoms with E-state index in [1.165, 1.54) is 28.0 Å². The molecule has 2 amide bonds. The first-order valence-corrected chi connectivity index (χ1v) is 10.8. The van der Waals surface area contributed by atoms with E-state index in [0.29, 0.717) is 11.7 Å². The van der Waals surface area contributed by atoms with Gasteiger partial charge in [-0.15, -0.1) is 11.8 Å². The van der Waals surface area contributed by atoms with Crippen molar-refractivity contribution in [3.8, 4) is 5.75 Å². The highest BCUT2D eigenvalue weighted by Crippen LogP contribution is 2.38. The van der Waals surface area contributed by atoms with Crippen molar-refractivity contribution in [2.75, 3.05) is 11.5 Å². The summed E-state index contributed by atoms with van der Waals surface area (Å²) < 4.78 is 6.49. The van der Waals surface area contributed by atoms with Gasteiger partial charge in [-0.05, 0) is 62.2 Å². The molecule has 1 aliphatic rings. The van der Waals surface area contributed by atoms with Crippen molar-refractivity contribution in [1.82, 2.24) is 4.98 Å². The van der Waals surface area contributed by atoms with E-state index in [9.17, 15) is 9.59 Å². The number of anilines is 1. The lowest BCUT2D eigenvalue weighted by atomic mass is 10.2. The van der Waals surface area contributed by atoms with Gasteiger partial charge in [-0.2, -0.15) is 0 Å². The van der Waals surface area contributed by atoms with Crippen LogP contribution in [0.15, 0.2) is 41.3 Å². The largest absolute Gasteiger partial charge is 0.494 e. The quantitative estimate of drug-likeness (QED) is 0.567. The highest BCUT2D eigenvalue weighted by Gasteiger charge is 2.41. The number of carbonyl (C=O) groups is 2. The Hall–Kier alpha value is -2.38. The zero-order valence-corrected chi connectivity index (χ0v) is 17.5. The van der Waals surface area contributed by atoms with Crippen LogP contribution < -0.4 is 9.64 Å². The first kappa shape index (κ1) is 19.0. The van der Waals surface area contributed by atoms with Crippen LogP contribution in [0.4, 0.5) is 5.13 Å². The van der Waals surface area contributed by atoms with Crippen LogP contribution in [0.5, 0.6) is 5.75 Å². The van der Waals surface area contributed by atoms with Gasteiger partial charge in [0.1, 0.15) is 5.75 Å². The number of carbonyl (C=O) groups excluding carboxylic acids is 2. The molecule has 2 heterocycles. The molecule has 0 N–H and O–H groups in total. The summed E-state index contributed by atoms with van der Waals surface area (Å²) in [7, 11) is 0. The van der Waals surface area contributed by atoms with Crippen molar-refractivity contribution >= 4 is 50.3 Å². The standard InChI is InChI=1S/C21H20N2O3S2/c1-4-26-14-6-8-16(13(3)10-14)27-18-11-19(24)23(20(18)25)21-22-15-9-12(2)5-7-17(15)28-21/h5-10,18H,4,11H2,1-3H3. The summed E-state index contributed by atoms with van der Waals surface area (Å²) in [5.41, 5.74) is 2.95. The predicted molar refractivity (Wildman–Crippen MR) is 113 cm³/mol. The van der Waals surface area contributed by atoms with Crippen LogP contribution >= 0.6 is 23.1 Å². The fourth-order valence-electron chi connectivity index (χ4n) is 3.18. The first-order valence-electron chi connectivity index (χ1n) is 9.10. The SMILES string of the molecule is CCOc1ccc(SC2CC(=O)N(c3nc4cc(C)ccc4s3)C2=O)c(C)c1. The fourth-order valence-corrected chi connectivity index (χ4v) is 5.28. The minimum absolute atomic E-state index is 0.186. The topological polar surface area (TPSA) is 59.5 Å². The maximum atomic E-state index is 13.0.